The zero-order valence-electron chi connectivity index (χ0n) is 17.3. The van der Waals surface area contributed by atoms with E-state index in [0.29, 0.717) is 22.2 Å². The van der Waals surface area contributed by atoms with Gasteiger partial charge in [-0.2, -0.15) is 0 Å². The summed E-state index contributed by atoms with van der Waals surface area (Å²) in [5.41, 5.74) is 3.36. The highest BCUT2D eigenvalue weighted by Crippen LogP contribution is 2.28. The standard InChI is InChI=1S/C21H24N4O3S2/c1-5-18(25(30(4,27)28)17-12-11-14(2)15(3)13-17)19(26)22-21-24-23-20(29-21)16-9-7-6-8-10-16/h6-13,18H,5H2,1-4H3,(H,22,24,26)/t18-/m1/s1. The Labute approximate surface area is 180 Å². The molecule has 30 heavy (non-hydrogen) atoms. The Hall–Kier alpha value is -2.78. The Balaban J connectivity index is 1.88. The Morgan fingerprint density at radius 3 is 2.40 bits per heavy atom. The van der Waals surface area contributed by atoms with Crippen LogP contribution in [-0.4, -0.2) is 36.8 Å². The molecule has 0 spiro atoms. The van der Waals surface area contributed by atoms with Gasteiger partial charge in [0.15, 0.2) is 0 Å². The summed E-state index contributed by atoms with van der Waals surface area (Å²) < 4.78 is 26.4. The van der Waals surface area contributed by atoms with E-state index in [-0.39, 0.29) is 0 Å². The first-order chi connectivity index (χ1) is 14.2. The number of nitrogens with zero attached hydrogens (tertiary/aromatic N) is 3. The quantitative estimate of drug-likeness (QED) is 0.594. The predicted molar refractivity (Wildman–Crippen MR) is 121 cm³/mol. The molecule has 3 aromatic rings. The molecule has 1 amide bonds. The summed E-state index contributed by atoms with van der Waals surface area (Å²) in [6.07, 6.45) is 1.41. The van der Waals surface area contributed by atoms with Gasteiger partial charge in [-0.1, -0.05) is 54.7 Å². The van der Waals surface area contributed by atoms with E-state index < -0.39 is 22.0 Å². The number of carbonyl (C=O) groups is 1. The van der Waals surface area contributed by atoms with Crippen LogP contribution in [0.5, 0.6) is 0 Å². The second kappa shape index (κ2) is 8.93. The first-order valence-corrected chi connectivity index (χ1v) is 12.1. The minimum absolute atomic E-state index is 0.302. The Morgan fingerprint density at radius 2 is 1.80 bits per heavy atom. The van der Waals surface area contributed by atoms with E-state index in [4.69, 9.17) is 0 Å². The van der Waals surface area contributed by atoms with Gasteiger partial charge in [0.05, 0.1) is 11.9 Å². The van der Waals surface area contributed by atoms with Crippen LogP contribution in [0.1, 0.15) is 24.5 Å². The van der Waals surface area contributed by atoms with Crippen molar-refractivity contribution in [3.05, 3.63) is 59.7 Å². The molecule has 7 nitrogen and oxygen atoms in total. The van der Waals surface area contributed by atoms with Gasteiger partial charge >= 0.3 is 0 Å². The molecule has 2 aromatic carbocycles. The van der Waals surface area contributed by atoms with E-state index in [2.05, 4.69) is 15.5 Å². The predicted octanol–water partition coefficient (Wildman–Crippen LogP) is 4.01. The highest BCUT2D eigenvalue weighted by atomic mass is 32.2. The Kier molecular flexibility index (Phi) is 6.52. The van der Waals surface area contributed by atoms with Crippen LogP contribution < -0.4 is 9.62 Å². The van der Waals surface area contributed by atoms with Gasteiger partial charge in [0, 0.05) is 5.56 Å². The average Bonchev–Trinajstić information content (AvgIpc) is 3.16. The molecule has 9 heteroatoms. The van der Waals surface area contributed by atoms with Gasteiger partial charge in [-0.15, -0.1) is 10.2 Å². The summed E-state index contributed by atoms with van der Waals surface area (Å²) in [6.45, 7) is 5.64. The summed E-state index contributed by atoms with van der Waals surface area (Å²) in [4.78, 5) is 13.0. The number of rotatable bonds is 7. The first kappa shape index (κ1) is 21.9. The van der Waals surface area contributed by atoms with E-state index in [1.165, 1.54) is 15.6 Å². The molecule has 1 heterocycles. The van der Waals surface area contributed by atoms with Gasteiger partial charge in [-0.05, 0) is 43.5 Å². The maximum Gasteiger partial charge on any atom is 0.250 e. The van der Waals surface area contributed by atoms with E-state index >= 15 is 0 Å². The third-order valence-electron chi connectivity index (χ3n) is 4.75. The molecule has 0 radical (unpaired) electrons. The van der Waals surface area contributed by atoms with Crippen molar-refractivity contribution in [1.29, 1.82) is 0 Å². The van der Waals surface area contributed by atoms with Crippen LogP contribution in [-0.2, 0) is 14.8 Å². The van der Waals surface area contributed by atoms with Crippen molar-refractivity contribution in [2.75, 3.05) is 15.9 Å². The Bertz CT molecular complexity index is 1140. The van der Waals surface area contributed by atoms with Crippen LogP contribution in [0.15, 0.2) is 48.5 Å². The van der Waals surface area contributed by atoms with E-state index in [9.17, 15) is 13.2 Å². The lowest BCUT2D eigenvalue weighted by Gasteiger charge is -2.30. The van der Waals surface area contributed by atoms with Crippen molar-refractivity contribution in [2.45, 2.75) is 33.2 Å². The number of nitrogens with one attached hydrogen (secondary N) is 1. The maximum atomic E-state index is 13.0. The summed E-state index contributed by atoms with van der Waals surface area (Å²) in [6, 6.07) is 14.0. The van der Waals surface area contributed by atoms with E-state index in [0.717, 1.165) is 22.9 Å². The van der Waals surface area contributed by atoms with Gasteiger partial charge < -0.3 is 0 Å². The van der Waals surface area contributed by atoms with Gasteiger partial charge in [-0.25, -0.2) is 8.42 Å². The third-order valence-corrected chi connectivity index (χ3v) is 6.82. The lowest BCUT2D eigenvalue weighted by atomic mass is 10.1. The number of aryl methyl sites for hydroxylation is 2. The fraction of sp³-hybridized carbons (Fsp3) is 0.286. The number of hydrogen-bond donors (Lipinski definition) is 1. The maximum absolute atomic E-state index is 13.0. The van der Waals surface area contributed by atoms with Crippen LogP contribution in [0.2, 0.25) is 0 Å². The normalized spacial score (nSPS) is 12.4. The molecule has 158 valence electrons. The van der Waals surface area contributed by atoms with Gasteiger partial charge in [-0.3, -0.25) is 14.4 Å². The molecule has 0 aliphatic heterocycles. The fourth-order valence-corrected chi connectivity index (χ4v) is 5.04. The molecule has 0 aliphatic rings. The number of aromatic nitrogens is 2. The lowest BCUT2D eigenvalue weighted by Crippen LogP contribution is -2.47. The molecular formula is C21H24N4O3S2. The summed E-state index contributed by atoms with van der Waals surface area (Å²) in [7, 11) is -3.69. The second-order valence-electron chi connectivity index (χ2n) is 7.02. The van der Waals surface area contributed by atoms with Crippen molar-refractivity contribution >= 4 is 38.1 Å². The number of amides is 1. The minimum atomic E-state index is -3.69. The number of hydrogen-bond acceptors (Lipinski definition) is 6. The molecule has 0 saturated carbocycles. The van der Waals surface area contributed by atoms with Crippen molar-refractivity contribution in [3.63, 3.8) is 0 Å². The zero-order chi connectivity index (χ0) is 21.9. The molecular weight excluding hydrogens is 420 g/mol. The SMILES string of the molecule is CC[C@H](C(=O)Nc1nnc(-c2ccccc2)s1)N(c1ccc(C)c(C)c1)S(C)(=O)=O. The second-order valence-corrected chi connectivity index (χ2v) is 9.86. The van der Waals surface area contributed by atoms with Crippen LogP contribution in [0, 0.1) is 13.8 Å². The molecule has 0 bridgehead atoms. The van der Waals surface area contributed by atoms with Crippen molar-refractivity contribution in [2.24, 2.45) is 0 Å². The molecule has 0 saturated heterocycles. The number of carbonyl (C=O) groups excluding carboxylic acids is 1. The Morgan fingerprint density at radius 1 is 1.10 bits per heavy atom. The highest BCUT2D eigenvalue weighted by Gasteiger charge is 2.32. The van der Waals surface area contributed by atoms with Crippen molar-refractivity contribution in [3.8, 4) is 10.6 Å². The molecule has 0 unspecified atom stereocenters. The average molecular weight is 445 g/mol. The van der Waals surface area contributed by atoms with Crippen LogP contribution in [0.25, 0.3) is 10.6 Å². The molecule has 1 N–H and O–H groups in total. The van der Waals surface area contributed by atoms with Gasteiger partial charge in [0.1, 0.15) is 11.0 Å². The van der Waals surface area contributed by atoms with Gasteiger partial charge in [0.2, 0.25) is 21.1 Å². The van der Waals surface area contributed by atoms with Crippen LogP contribution >= 0.6 is 11.3 Å². The van der Waals surface area contributed by atoms with Crippen molar-refractivity contribution < 1.29 is 13.2 Å². The monoisotopic (exact) mass is 444 g/mol. The smallest absolute Gasteiger partial charge is 0.250 e. The fourth-order valence-electron chi connectivity index (χ4n) is 3.08. The summed E-state index contributed by atoms with van der Waals surface area (Å²) in [5, 5.41) is 11.9. The lowest BCUT2D eigenvalue weighted by molar-refractivity contribution is -0.117. The number of benzene rings is 2. The van der Waals surface area contributed by atoms with E-state index in [1.807, 2.05) is 50.2 Å². The zero-order valence-corrected chi connectivity index (χ0v) is 18.9. The number of sulfonamides is 1. The molecule has 1 atom stereocenters. The highest BCUT2D eigenvalue weighted by molar-refractivity contribution is 7.92. The molecule has 0 aliphatic carbocycles. The minimum Gasteiger partial charge on any atom is -0.299 e. The largest absolute Gasteiger partial charge is 0.299 e. The first-order valence-electron chi connectivity index (χ1n) is 9.47. The molecule has 3 rings (SSSR count). The number of anilines is 2. The van der Waals surface area contributed by atoms with Gasteiger partial charge in [0.25, 0.3) is 0 Å². The summed E-state index contributed by atoms with van der Waals surface area (Å²) >= 11 is 1.24. The topological polar surface area (TPSA) is 92.3 Å². The molecule has 1 aromatic heterocycles. The van der Waals surface area contributed by atoms with Crippen molar-refractivity contribution in [1.82, 2.24) is 10.2 Å². The molecule has 0 fully saturated rings. The third kappa shape index (κ3) is 4.85. The van der Waals surface area contributed by atoms with Crippen LogP contribution in [0.4, 0.5) is 10.8 Å². The van der Waals surface area contributed by atoms with E-state index in [1.54, 1.807) is 19.1 Å². The van der Waals surface area contributed by atoms with Crippen LogP contribution in [0.3, 0.4) is 0 Å². The summed E-state index contributed by atoms with van der Waals surface area (Å²) in [5.74, 6) is -0.447.